The average Bonchev–Trinajstić information content (AvgIpc) is 2.54. The zero-order valence-corrected chi connectivity index (χ0v) is 13.6. The first-order chi connectivity index (χ1) is 11.0. The number of hydrogen-bond acceptors (Lipinski definition) is 4. The van der Waals surface area contributed by atoms with E-state index in [4.69, 9.17) is 21.4 Å². The first-order valence-electron chi connectivity index (χ1n) is 7.65. The van der Waals surface area contributed by atoms with Gasteiger partial charge in [-0.1, -0.05) is 11.6 Å². The van der Waals surface area contributed by atoms with E-state index in [1.54, 1.807) is 24.3 Å². The van der Waals surface area contributed by atoms with Gasteiger partial charge in [-0.15, -0.1) is 0 Å². The molecular weight excluding hydrogens is 320 g/mol. The van der Waals surface area contributed by atoms with Gasteiger partial charge in [-0.2, -0.15) is 0 Å². The molecule has 1 aromatic rings. The third-order valence-electron chi connectivity index (χ3n) is 3.81. The largest absolute Gasteiger partial charge is 0.492 e. The summed E-state index contributed by atoms with van der Waals surface area (Å²) < 4.78 is 5.49. The molecule has 2 rings (SSSR count). The Morgan fingerprint density at radius 1 is 1.26 bits per heavy atom. The highest BCUT2D eigenvalue weighted by Crippen LogP contribution is 2.17. The molecule has 0 atom stereocenters. The lowest BCUT2D eigenvalue weighted by atomic mass is 9.97. The highest BCUT2D eigenvalue weighted by molar-refractivity contribution is 6.30. The molecule has 0 radical (unpaired) electrons. The fourth-order valence-electron chi connectivity index (χ4n) is 2.49. The summed E-state index contributed by atoms with van der Waals surface area (Å²) in [6.45, 7) is 2.39. The van der Waals surface area contributed by atoms with Gasteiger partial charge in [-0.05, 0) is 50.2 Å². The van der Waals surface area contributed by atoms with Crippen LogP contribution in [-0.2, 0) is 9.59 Å². The van der Waals surface area contributed by atoms with Crippen molar-refractivity contribution in [1.29, 1.82) is 0 Å². The fourth-order valence-corrected chi connectivity index (χ4v) is 2.61. The van der Waals surface area contributed by atoms with E-state index in [9.17, 15) is 9.59 Å². The minimum absolute atomic E-state index is 0.0709. The van der Waals surface area contributed by atoms with Gasteiger partial charge in [-0.25, -0.2) is 0 Å². The van der Waals surface area contributed by atoms with Crippen LogP contribution in [0.3, 0.4) is 0 Å². The normalized spacial score (nSPS) is 16.0. The number of ether oxygens (including phenoxy) is 1. The number of aliphatic carboxylic acids is 1. The quantitative estimate of drug-likeness (QED) is 0.738. The number of carbonyl (C=O) groups is 2. The maximum absolute atomic E-state index is 11.8. The van der Waals surface area contributed by atoms with E-state index >= 15 is 0 Å². The molecule has 1 aliphatic heterocycles. The standard InChI is InChI=1S/C16H21ClN2O4/c17-13-1-3-14(4-2-13)23-10-7-18-15(20)11-19-8-5-12(6-9-19)16(21)22/h1-4,12H,5-11H2,(H,18,20)(H,21,22). The molecule has 0 aromatic heterocycles. The zero-order chi connectivity index (χ0) is 16.7. The van der Waals surface area contributed by atoms with Gasteiger partial charge in [0.25, 0.3) is 0 Å². The zero-order valence-electron chi connectivity index (χ0n) is 12.8. The summed E-state index contributed by atoms with van der Waals surface area (Å²) in [4.78, 5) is 24.7. The lowest BCUT2D eigenvalue weighted by molar-refractivity contribution is -0.143. The predicted octanol–water partition coefficient (Wildman–Crippen LogP) is 1.63. The van der Waals surface area contributed by atoms with Crippen LogP contribution in [0.2, 0.25) is 5.02 Å². The van der Waals surface area contributed by atoms with Crippen LogP contribution in [-0.4, -0.2) is 54.7 Å². The first-order valence-corrected chi connectivity index (χ1v) is 8.02. The summed E-state index contributed by atoms with van der Waals surface area (Å²) >= 11 is 5.78. The van der Waals surface area contributed by atoms with Crippen LogP contribution >= 0.6 is 11.6 Å². The molecule has 1 aliphatic rings. The number of amides is 1. The number of carboxylic acids is 1. The monoisotopic (exact) mass is 340 g/mol. The van der Waals surface area contributed by atoms with Crippen LogP contribution in [0.15, 0.2) is 24.3 Å². The Bertz CT molecular complexity index is 527. The molecule has 2 N–H and O–H groups in total. The Labute approximate surface area is 140 Å². The summed E-state index contributed by atoms with van der Waals surface area (Å²) in [5.74, 6) is -0.381. The first kappa shape index (κ1) is 17.6. The van der Waals surface area contributed by atoms with Gasteiger partial charge >= 0.3 is 5.97 Å². The second-order valence-electron chi connectivity index (χ2n) is 5.54. The molecule has 0 unspecified atom stereocenters. The van der Waals surface area contributed by atoms with Crippen molar-refractivity contribution in [2.45, 2.75) is 12.8 Å². The van der Waals surface area contributed by atoms with Gasteiger partial charge < -0.3 is 15.2 Å². The number of likely N-dealkylation sites (tertiary alicyclic amines) is 1. The van der Waals surface area contributed by atoms with E-state index in [0.29, 0.717) is 56.4 Å². The third-order valence-corrected chi connectivity index (χ3v) is 4.06. The van der Waals surface area contributed by atoms with Crippen molar-refractivity contribution >= 4 is 23.5 Å². The molecule has 0 aliphatic carbocycles. The third kappa shape index (κ3) is 6.08. The molecule has 1 fully saturated rings. The number of nitrogens with one attached hydrogen (secondary N) is 1. The van der Waals surface area contributed by atoms with E-state index in [1.165, 1.54) is 0 Å². The highest BCUT2D eigenvalue weighted by atomic mass is 35.5. The van der Waals surface area contributed by atoms with Crippen LogP contribution < -0.4 is 10.1 Å². The lowest BCUT2D eigenvalue weighted by Crippen LogP contribution is -2.43. The Balaban J connectivity index is 1.58. The lowest BCUT2D eigenvalue weighted by Gasteiger charge is -2.29. The Morgan fingerprint density at radius 3 is 2.52 bits per heavy atom. The number of halogens is 1. The smallest absolute Gasteiger partial charge is 0.306 e. The van der Waals surface area contributed by atoms with E-state index < -0.39 is 5.97 Å². The summed E-state index contributed by atoms with van der Waals surface area (Å²) in [6, 6.07) is 7.04. The minimum atomic E-state index is -0.742. The number of benzene rings is 1. The van der Waals surface area contributed by atoms with Crippen molar-refractivity contribution in [1.82, 2.24) is 10.2 Å². The molecule has 126 valence electrons. The molecule has 6 nitrogen and oxygen atoms in total. The molecule has 1 saturated heterocycles. The predicted molar refractivity (Wildman–Crippen MR) is 86.8 cm³/mol. The van der Waals surface area contributed by atoms with Gasteiger partial charge in [0, 0.05) is 5.02 Å². The van der Waals surface area contributed by atoms with Crippen molar-refractivity contribution in [3.63, 3.8) is 0 Å². The van der Waals surface area contributed by atoms with Crippen molar-refractivity contribution < 1.29 is 19.4 Å². The second-order valence-corrected chi connectivity index (χ2v) is 5.98. The number of hydrogen-bond donors (Lipinski definition) is 2. The van der Waals surface area contributed by atoms with Crippen molar-refractivity contribution in [3.8, 4) is 5.75 Å². The second kappa shape index (κ2) is 8.74. The van der Waals surface area contributed by atoms with Crippen LogP contribution in [0, 0.1) is 5.92 Å². The van der Waals surface area contributed by atoms with Crippen molar-refractivity contribution in [3.05, 3.63) is 29.3 Å². The molecule has 0 spiro atoms. The molecule has 0 saturated carbocycles. The molecule has 1 aromatic carbocycles. The fraction of sp³-hybridized carbons (Fsp3) is 0.500. The van der Waals surface area contributed by atoms with Crippen LogP contribution in [0.5, 0.6) is 5.75 Å². The van der Waals surface area contributed by atoms with E-state index in [1.807, 2.05) is 4.90 Å². The Kier molecular flexibility index (Phi) is 6.67. The van der Waals surface area contributed by atoms with Gasteiger partial charge in [0.2, 0.25) is 5.91 Å². The van der Waals surface area contributed by atoms with E-state index in [2.05, 4.69) is 5.32 Å². The van der Waals surface area contributed by atoms with E-state index in [-0.39, 0.29) is 11.8 Å². The number of nitrogens with zero attached hydrogens (tertiary/aromatic N) is 1. The van der Waals surface area contributed by atoms with Crippen molar-refractivity contribution in [2.75, 3.05) is 32.8 Å². The summed E-state index contributed by atoms with van der Waals surface area (Å²) in [6.07, 6.45) is 1.20. The van der Waals surface area contributed by atoms with Gasteiger partial charge in [-0.3, -0.25) is 14.5 Å². The summed E-state index contributed by atoms with van der Waals surface area (Å²) in [5.41, 5.74) is 0. The number of rotatable bonds is 7. The Hall–Kier alpha value is -1.79. The molecule has 7 heteroatoms. The molecule has 23 heavy (non-hydrogen) atoms. The van der Waals surface area contributed by atoms with Gasteiger partial charge in [0.15, 0.2) is 0 Å². The summed E-state index contributed by atoms with van der Waals surface area (Å²) in [5, 5.41) is 12.4. The molecule has 0 bridgehead atoms. The molecular formula is C16H21ClN2O4. The van der Waals surface area contributed by atoms with Crippen LogP contribution in [0.25, 0.3) is 0 Å². The maximum atomic E-state index is 11.8. The maximum Gasteiger partial charge on any atom is 0.306 e. The minimum Gasteiger partial charge on any atom is -0.492 e. The molecule has 1 amide bonds. The topological polar surface area (TPSA) is 78.9 Å². The average molecular weight is 341 g/mol. The van der Waals surface area contributed by atoms with Gasteiger partial charge in [0.1, 0.15) is 12.4 Å². The number of piperidine rings is 1. The van der Waals surface area contributed by atoms with Gasteiger partial charge in [0.05, 0.1) is 19.0 Å². The SMILES string of the molecule is O=C(CN1CCC(C(=O)O)CC1)NCCOc1ccc(Cl)cc1. The highest BCUT2D eigenvalue weighted by Gasteiger charge is 2.25. The Morgan fingerprint density at radius 2 is 1.91 bits per heavy atom. The van der Waals surface area contributed by atoms with Crippen LogP contribution in [0.1, 0.15) is 12.8 Å². The van der Waals surface area contributed by atoms with Crippen molar-refractivity contribution in [2.24, 2.45) is 5.92 Å². The number of carboxylic acid groups (broad SMARTS) is 1. The number of carbonyl (C=O) groups excluding carboxylic acids is 1. The van der Waals surface area contributed by atoms with E-state index in [0.717, 1.165) is 0 Å². The summed E-state index contributed by atoms with van der Waals surface area (Å²) in [7, 11) is 0. The van der Waals surface area contributed by atoms with Crippen LogP contribution in [0.4, 0.5) is 0 Å². The molecule has 1 heterocycles.